The van der Waals surface area contributed by atoms with Gasteiger partial charge in [-0.2, -0.15) is 4.31 Å². The Kier molecular flexibility index (Phi) is 5.98. The molecule has 0 N–H and O–H groups in total. The Labute approximate surface area is 183 Å². The molecule has 0 radical (unpaired) electrons. The minimum absolute atomic E-state index is 0.212. The monoisotopic (exact) mass is 437 g/mol. The average Bonchev–Trinajstić information content (AvgIpc) is 3.21. The lowest BCUT2D eigenvalue weighted by molar-refractivity contribution is 0.330. The van der Waals surface area contributed by atoms with E-state index in [9.17, 15) is 8.42 Å². The minimum Gasteiger partial charge on any atom is -0.495 e. The van der Waals surface area contributed by atoms with Crippen LogP contribution in [-0.2, 0) is 10.0 Å². The number of allylic oxidation sites excluding steroid dienone is 1. The topological polar surface area (TPSA) is 64.4 Å². The van der Waals surface area contributed by atoms with E-state index in [0.29, 0.717) is 23.6 Å². The highest BCUT2D eigenvalue weighted by atomic mass is 32.2. The molecule has 3 aromatic rings. The molecule has 1 aliphatic heterocycles. The summed E-state index contributed by atoms with van der Waals surface area (Å²) in [4.78, 5) is 4.70. The normalized spacial score (nSPS) is 18.7. The molecular formula is C24H27N3O3S. The van der Waals surface area contributed by atoms with E-state index in [4.69, 9.17) is 4.74 Å². The number of nitrogens with zero attached hydrogens (tertiary/aromatic N) is 3. The van der Waals surface area contributed by atoms with Crippen molar-refractivity contribution in [3.05, 3.63) is 82.8 Å². The van der Waals surface area contributed by atoms with Crippen LogP contribution in [0.1, 0.15) is 42.6 Å². The van der Waals surface area contributed by atoms with Crippen LogP contribution in [0.3, 0.4) is 0 Å². The molecule has 2 heterocycles. The van der Waals surface area contributed by atoms with E-state index in [2.05, 4.69) is 4.98 Å². The predicted octanol–water partition coefficient (Wildman–Crippen LogP) is 4.72. The van der Waals surface area contributed by atoms with Crippen molar-refractivity contribution < 1.29 is 13.2 Å². The molecular weight excluding hydrogens is 410 g/mol. The second-order valence-electron chi connectivity index (χ2n) is 7.77. The van der Waals surface area contributed by atoms with E-state index in [0.717, 1.165) is 28.9 Å². The van der Waals surface area contributed by atoms with Gasteiger partial charge in [0.25, 0.3) is 0 Å². The number of imidazole rings is 1. The molecule has 2 aromatic carbocycles. The zero-order valence-corrected chi connectivity index (χ0v) is 18.8. The van der Waals surface area contributed by atoms with Crippen LogP contribution in [0, 0.1) is 6.92 Å². The van der Waals surface area contributed by atoms with Crippen molar-refractivity contribution in [1.82, 2.24) is 13.9 Å². The summed E-state index contributed by atoms with van der Waals surface area (Å²) in [5.74, 6) is 0.662. The van der Waals surface area contributed by atoms with Crippen molar-refractivity contribution in [3.63, 3.8) is 0 Å². The quantitative estimate of drug-likeness (QED) is 0.580. The SMILES string of the molecule is COc1cc(/C=C2\CCCN(C(C)c3ccccc3)S2(=O)=O)ccc1-n1cnc(C)c1. The van der Waals surface area contributed by atoms with Gasteiger partial charge in [0.05, 0.1) is 29.7 Å². The Bertz CT molecular complexity index is 1200. The first kappa shape index (κ1) is 21.3. The van der Waals surface area contributed by atoms with Gasteiger partial charge in [0, 0.05) is 18.8 Å². The predicted molar refractivity (Wildman–Crippen MR) is 123 cm³/mol. The van der Waals surface area contributed by atoms with Gasteiger partial charge in [-0.05, 0) is 56.0 Å². The fourth-order valence-corrected chi connectivity index (χ4v) is 5.89. The number of ether oxygens (including phenoxy) is 1. The van der Waals surface area contributed by atoms with Crippen molar-refractivity contribution in [3.8, 4) is 11.4 Å². The molecule has 0 amide bonds. The van der Waals surface area contributed by atoms with Crippen LogP contribution in [-0.4, -0.2) is 35.9 Å². The molecule has 0 saturated carbocycles. The molecule has 0 spiro atoms. The lowest BCUT2D eigenvalue weighted by Crippen LogP contribution is -2.38. The maximum absolute atomic E-state index is 13.4. The maximum Gasteiger partial charge on any atom is 0.239 e. The van der Waals surface area contributed by atoms with Gasteiger partial charge in [-0.15, -0.1) is 0 Å². The van der Waals surface area contributed by atoms with Crippen LogP contribution < -0.4 is 4.74 Å². The summed E-state index contributed by atoms with van der Waals surface area (Å²) < 4.78 is 35.9. The molecule has 1 fully saturated rings. The third-order valence-corrected chi connectivity index (χ3v) is 7.78. The number of sulfonamides is 1. The molecule has 0 bridgehead atoms. The Balaban J connectivity index is 1.66. The van der Waals surface area contributed by atoms with Crippen LogP contribution in [0.15, 0.2) is 66.0 Å². The summed E-state index contributed by atoms with van der Waals surface area (Å²) >= 11 is 0. The lowest BCUT2D eigenvalue weighted by atomic mass is 10.1. The van der Waals surface area contributed by atoms with Gasteiger partial charge in [-0.3, -0.25) is 0 Å². The molecule has 4 rings (SSSR count). The van der Waals surface area contributed by atoms with Gasteiger partial charge >= 0.3 is 0 Å². The van der Waals surface area contributed by atoms with Gasteiger partial charge < -0.3 is 9.30 Å². The molecule has 1 atom stereocenters. The molecule has 7 heteroatoms. The summed E-state index contributed by atoms with van der Waals surface area (Å²) in [6, 6.07) is 15.3. The molecule has 1 aliphatic rings. The average molecular weight is 438 g/mol. The van der Waals surface area contributed by atoms with E-state index in [1.807, 2.05) is 73.1 Å². The highest BCUT2D eigenvalue weighted by molar-refractivity contribution is 7.93. The van der Waals surface area contributed by atoms with Crippen LogP contribution in [0.2, 0.25) is 0 Å². The highest BCUT2D eigenvalue weighted by Crippen LogP contribution is 2.34. The molecule has 31 heavy (non-hydrogen) atoms. The smallest absolute Gasteiger partial charge is 0.239 e. The van der Waals surface area contributed by atoms with Gasteiger partial charge in [0.1, 0.15) is 5.75 Å². The lowest BCUT2D eigenvalue weighted by Gasteiger charge is -2.33. The molecule has 6 nitrogen and oxygen atoms in total. The summed E-state index contributed by atoms with van der Waals surface area (Å²) in [6.45, 7) is 4.40. The van der Waals surface area contributed by atoms with E-state index in [-0.39, 0.29) is 6.04 Å². The molecule has 162 valence electrons. The largest absolute Gasteiger partial charge is 0.495 e. The van der Waals surface area contributed by atoms with E-state index < -0.39 is 10.0 Å². The summed E-state index contributed by atoms with van der Waals surface area (Å²) in [6.07, 6.45) is 6.76. The zero-order chi connectivity index (χ0) is 22.0. The van der Waals surface area contributed by atoms with Crippen LogP contribution in [0.4, 0.5) is 0 Å². The van der Waals surface area contributed by atoms with Crippen LogP contribution >= 0.6 is 0 Å². The first-order chi connectivity index (χ1) is 14.9. The standard InChI is InChI=1S/C24H27N3O3S/c1-18-16-26(17-25-18)23-12-11-20(15-24(23)30-3)14-22-10-7-13-27(31(22,28)29)19(2)21-8-5-4-6-9-21/h4-6,8-9,11-12,14-17,19H,7,10,13H2,1-3H3/b22-14+. The van der Waals surface area contributed by atoms with Crippen molar-refractivity contribution in [2.75, 3.05) is 13.7 Å². The van der Waals surface area contributed by atoms with E-state index in [1.54, 1.807) is 23.8 Å². The van der Waals surface area contributed by atoms with Crippen molar-refractivity contribution in [2.24, 2.45) is 0 Å². The second kappa shape index (κ2) is 8.69. The number of benzene rings is 2. The molecule has 1 saturated heterocycles. The third-order valence-electron chi connectivity index (χ3n) is 5.68. The summed E-state index contributed by atoms with van der Waals surface area (Å²) in [7, 11) is -1.94. The molecule has 1 aromatic heterocycles. The third kappa shape index (κ3) is 4.29. The number of aromatic nitrogens is 2. The van der Waals surface area contributed by atoms with Crippen LogP contribution in [0.25, 0.3) is 11.8 Å². The zero-order valence-electron chi connectivity index (χ0n) is 18.0. The Hall–Kier alpha value is -2.90. The van der Waals surface area contributed by atoms with Crippen molar-refractivity contribution >= 4 is 16.1 Å². The Morgan fingerprint density at radius 3 is 2.61 bits per heavy atom. The summed E-state index contributed by atoms with van der Waals surface area (Å²) in [5, 5.41) is 0. The first-order valence-corrected chi connectivity index (χ1v) is 11.8. The fraction of sp³-hybridized carbons (Fsp3) is 0.292. The van der Waals surface area contributed by atoms with Gasteiger partial charge in [0.15, 0.2) is 0 Å². The number of hydrogen-bond donors (Lipinski definition) is 0. The van der Waals surface area contributed by atoms with E-state index in [1.165, 1.54) is 0 Å². The van der Waals surface area contributed by atoms with Crippen LogP contribution in [0.5, 0.6) is 5.75 Å². The number of methoxy groups -OCH3 is 1. The minimum atomic E-state index is -3.55. The van der Waals surface area contributed by atoms with E-state index >= 15 is 0 Å². The first-order valence-electron chi connectivity index (χ1n) is 10.4. The van der Waals surface area contributed by atoms with Gasteiger partial charge in [-0.25, -0.2) is 13.4 Å². The Morgan fingerprint density at radius 1 is 1.16 bits per heavy atom. The number of rotatable bonds is 5. The Morgan fingerprint density at radius 2 is 1.94 bits per heavy atom. The van der Waals surface area contributed by atoms with Gasteiger partial charge in [-0.1, -0.05) is 36.4 Å². The molecule has 1 unspecified atom stereocenters. The fourth-order valence-electron chi connectivity index (χ4n) is 3.99. The van der Waals surface area contributed by atoms with Crippen molar-refractivity contribution in [1.29, 1.82) is 0 Å². The second-order valence-corrected chi connectivity index (χ2v) is 9.71. The number of aryl methyl sites for hydroxylation is 1. The van der Waals surface area contributed by atoms with Crippen molar-refractivity contribution in [2.45, 2.75) is 32.7 Å². The van der Waals surface area contributed by atoms with Gasteiger partial charge in [0.2, 0.25) is 10.0 Å². The summed E-state index contributed by atoms with van der Waals surface area (Å²) in [5.41, 5.74) is 3.56. The highest BCUT2D eigenvalue weighted by Gasteiger charge is 2.34. The molecule has 0 aliphatic carbocycles. The maximum atomic E-state index is 13.4. The number of hydrogen-bond acceptors (Lipinski definition) is 4.